The molecular weight excluding hydrogens is 264 g/mol. The zero-order valence-corrected chi connectivity index (χ0v) is 6.12. The standard InChI is InChI=1S/C6H5.Ir/c1-2-4-6-5-3-1;/h1-5H;/q-1;+3. The molecule has 1 aromatic carbocycles. The van der Waals surface area contributed by atoms with Gasteiger partial charge in [0.1, 0.15) is 0 Å². The van der Waals surface area contributed by atoms with E-state index in [2.05, 4.69) is 6.07 Å². The molecule has 0 saturated carbocycles. The van der Waals surface area contributed by atoms with Crippen molar-refractivity contribution in [3.63, 3.8) is 0 Å². The number of hydrogen-bond donors (Lipinski definition) is 0. The van der Waals surface area contributed by atoms with Crippen LogP contribution in [0.2, 0.25) is 0 Å². The van der Waals surface area contributed by atoms with E-state index >= 15 is 0 Å². The van der Waals surface area contributed by atoms with Gasteiger partial charge in [-0.1, -0.05) is 0 Å². The third-order valence-electron chi connectivity index (χ3n) is 0.607. The second kappa shape index (κ2) is 4.04. The smallest absolute Gasteiger partial charge is 0.184 e. The molecule has 0 atom stereocenters. The molecule has 0 bridgehead atoms. The molecule has 0 N–H and O–H groups in total. The molecule has 0 unspecified atom stereocenters. The summed E-state index contributed by atoms with van der Waals surface area (Å²) in [5.74, 6) is 0. The van der Waals surface area contributed by atoms with Gasteiger partial charge in [-0.25, -0.2) is 0 Å². The molecule has 0 heterocycles. The van der Waals surface area contributed by atoms with Gasteiger partial charge in [-0.2, -0.15) is 36.4 Å². The van der Waals surface area contributed by atoms with Gasteiger partial charge in [-0.15, -0.1) is 0 Å². The van der Waals surface area contributed by atoms with Gasteiger partial charge < -0.3 is 0 Å². The predicted molar refractivity (Wildman–Crippen MR) is 25.3 cm³/mol. The van der Waals surface area contributed by atoms with Gasteiger partial charge in [0.15, 0.2) is 0 Å². The van der Waals surface area contributed by atoms with Gasteiger partial charge in [0.2, 0.25) is 0 Å². The summed E-state index contributed by atoms with van der Waals surface area (Å²) in [4.78, 5) is 0. The fourth-order valence-electron chi connectivity index (χ4n) is 0.342. The first-order chi connectivity index (χ1) is 3.00. The molecule has 0 aliphatic carbocycles. The van der Waals surface area contributed by atoms with Crippen LogP contribution in [0.25, 0.3) is 0 Å². The summed E-state index contributed by atoms with van der Waals surface area (Å²) < 4.78 is 0. The molecule has 0 radical (unpaired) electrons. The molecule has 1 rings (SSSR count). The third kappa shape index (κ3) is 2.55. The monoisotopic (exact) mass is 270 g/mol. The maximum absolute atomic E-state index is 2.89. The second-order valence-corrected chi connectivity index (χ2v) is 1.08. The Labute approximate surface area is 56.9 Å². The zero-order chi connectivity index (χ0) is 4.24. The van der Waals surface area contributed by atoms with Crippen molar-refractivity contribution < 1.29 is 20.1 Å². The van der Waals surface area contributed by atoms with Crippen molar-refractivity contribution >= 4 is 0 Å². The van der Waals surface area contributed by atoms with Gasteiger partial charge in [-0.3, -0.25) is 0 Å². The average molecular weight is 269 g/mol. The number of benzene rings is 1. The van der Waals surface area contributed by atoms with Crippen LogP contribution >= 0.6 is 0 Å². The molecule has 0 amide bonds. The van der Waals surface area contributed by atoms with Crippen molar-refractivity contribution in [1.29, 1.82) is 0 Å². The average Bonchev–Trinajstić information content (AvgIpc) is 1.72. The van der Waals surface area contributed by atoms with Crippen LogP contribution in [-0.2, 0) is 20.1 Å². The molecule has 7 heavy (non-hydrogen) atoms. The van der Waals surface area contributed by atoms with Gasteiger partial charge in [0, 0.05) is 0 Å². The first-order valence-corrected chi connectivity index (χ1v) is 1.91. The molecule has 0 aliphatic heterocycles. The van der Waals surface area contributed by atoms with E-state index < -0.39 is 0 Å². The Morgan fingerprint density at radius 1 is 0.857 bits per heavy atom. The van der Waals surface area contributed by atoms with Crippen molar-refractivity contribution in [1.82, 2.24) is 0 Å². The van der Waals surface area contributed by atoms with E-state index in [1.165, 1.54) is 0 Å². The Morgan fingerprint density at radius 3 is 1.57 bits per heavy atom. The van der Waals surface area contributed by atoms with Crippen LogP contribution in [0, 0.1) is 6.07 Å². The topological polar surface area (TPSA) is 0 Å². The van der Waals surface area contributed by atoms with Crippen molar-refractivity contribution in [3.05, 3.63) is 36.4 Å². The number of rotatable bonds is 0. The van der Waals surface area contributed by atoms with Crippen LogP contribution in [-0.4, -0.2) is 0 Å². The minimum Gasteiger partial charge on any atom is -0.184 e. The SMILES string of the molecule is [Ir+3].[c-]1ccccc1. The molecule has 0 spiro atoms. The summed E-state index contributed by atoms with van der Waals surface area (Å²) in [6, 6.07) is 12.5. The van der Waals surface area contributed by atoms with Crippen LogP contribution < -0.4 is 0 Å². The van der Waals surface area contributed by atoms with E-state index in [-0.39, 0.29) is 20.1 Å². The fraction of sp³-hybridized carbons (Fsp3) is 0. The first-order valence-electron chi connectivity index (χ1n) is 1.91. The summed E-state index contributed by atoms with van der Waals surface area (Å²) in [5.41, 5.74) is 0. The summed E-state index contributed by atoms with van der Waals surface area (Å²) in [5, 5.41) is 0. The Morgan fingerprint density at radius 2 is 1.43 bits per heavy atom. The Bertz CT molecular complexity index is 76.1. The third-order valence-corrected chi connectivity index (χ3v) is 0.607. The Hall–Kier alpha value is -0.131. The molecule has 0 fully saturated rings. The van der Waals surface area contributed by atoms with Crippen LogP contribution in [0.5, 0.6) is 0 Å². The van der Waals surface area contributed by atoms with Gasteiger partial charge in [0.05, 0.1) is 0 Å². The van der Waals surface area contributed by atoms with E-state index in [4.69, 9.17) is 0 Å². The molecular formula is C6H5Ir+2. The van der Waals surface area contributed by atoms with Crippen LogP contribution in [0.15, 0.2) is 30.3 Å². The van der Waals surface area contributed by atoms with Crippen molar-refractivity contribution in [2.45, 2.75) is 0 Å². The molecule has 0 aliphatic rings. The Kier molecular flexibility index (Phi) is 3.96. The van der Waals surface area contributed by atoms with Crippen molar-refractivity contribution in [3.8, 4) is 0 Å². The number of hydrogen-bond acceptors (Lipinski definition) is 0. The summed E-state index contributed by atoms with van der Waals surface area (Å²) in [6.45, 7) is 0. The van der Waals surface area contributed by atoms with Gasteiger partial charge in [-0.05, 0) is 0 Å². The van der Waals surface area contributed by atoms with Crippen LogP contribution in [0.1, 0.15) is 0 Å². The van der Waals surface area contributed by atoms with Crippen LogP contribution in [0.3, 0.4) is 0 Å². The summed E-state index contributed by atoms with van der Waals surface area (Å²) in [6.07, 6.45) is 0. The molecule has 1 heteroatoms. The minimum absolute atomic E-state index is 0. The molecule has 36 valence electrons. The summed E-state index contributed by atoms with van der Waals surface area (Å²) in [7, 11) is 0. The quantitative estimate of drug-likeness (QED) is 0.626. The van der Waals surface area contributed by atoms with E-state index in [0.717, 1.165) is 0 Å². The van der Waals surface area contributed by atoms with Crippen molar-refractivity contribution in [2.75, 3.05) is 0 Å². The second-order valence-electron chi connectivity index (χ2n) is 1.08. The first kappa shape index (κ1) is 6.87. The largest absolute Gasteiger partial charge is 3.00 e. The predicted octanol–water partition coefficient (Wildman–Crippen LogP) is 1.48. The molecule has 0 nitrogen and oxygen atoms in total. The fourth-order valence-corrected chi connectivity index (χ4v) is 0.342. The van der Waals surface area contributed by atoms with Gasteiger partial charge >= 0.3 is 20.1 Å². The summed E-state index contributed by atoms with van der Waals surface area (Å²) >= 11 is 0. The molecule has 0 aromatic heterocycles. The van der Waals surface area contributed by atoms with Crippen molar-refractivity contribution in [2.24, 2.45) is 0 Å². The zero-order valence-electron chi connectivity index (χ0n) is 3.72. The van der Waals surface area contributed by atoms with Crippen LogP contribution in [0.4, 0.5) is 0 Å². The van der Waals surface area contributed by atoms with E-state index in [1.54, 1.807) is 0 Å². The van der Waals surface area contributed by atoms with E-state index in [0.29, 0.717) is 0 Å². The molecule has 1 aromatic rings. The Balaban J connectivity index is 0.000000360. The molecule has 0 saturated heterocycles. The van der Waals surface area contributed by atoms with Gasteiger partial charge in [0.25, 0.3) is 0 Å². The normalized spacial score (nSPS) is 6.86. The maximum Gasteiger partial charge on any atom is 3.00 e. The minimum atomic E-state index is 0. The van der Waals surface area contributed by atoms with E-state index in [9.17, 15) is 0 Å². The van der Waals surface area contributed by atoms with E-state index in [1.807, 2.05) is 30.3 Å². The maximum atomic E-state index is 2.89.